The van der Waals surface area contributed by atoms with E-state index in [1.807, 2.05) is 0 Å². The van der Waals surface area contributed by atoms with Gasteiger partial charge in [-0.15, -0.1) is 11.3 Å². The van der Waals surface area contributed by atoms with Gasteiger partial charge in [0.25, 0.3) is 0 Å². The van der Waals surface area contributed by atoms with Gasteiger partial charge in [-0.3, -0.25) is 0 Å². The van der Waals surface area contributed by atoms with Crippen LogP contribution in [0.4, 0.5) is 0 Å². The van der Waals surface area contributed by atoms with Crippen LogP contribution in [0.5, 0.6) is 0 Å². The normalized spacial score (nSPS) is 33.8. The molecule has 2 bridgehead atoms. The average Bonchev–Trinajstić information content (AvgIpc) is 2.90. The molecule has 1 aromatic heterocycles. The second kappa shape index (κ2) is 4.17. The van der Waals surface area contributed by atoms with Crippen molar-refractivity contribution in [2.75, 3.05) is 0 Å². The summed E-state index contributed by atoms with van der Waals surface area (Å²) < 4.78 is 7.00. The Morgan fingerprint density at radius 2 is 2.47 bits per heavy atom. The summed E-state index contributed by atoms with van der Waals surface area (Å²) in [4.78, 5) is 1.39. The average molecular weight is 288 g/mol. The minimum absolute atomic E-state index is 0.485. The third kappa shape index (κ3) is 2.13. The molecule has 3 rings (SSSR count). The van der Waals surface area contributed by atoms with Crippen molar-refractivity contribution in [2.45, 2.75) is 44.1 Å². The second-order valence-corrected chi connectivity index (χ2v) is 6.24. The van der Waals surface area contributed by atoms with E-state index in [0.29, 0.717) is 18.2 Å². The van der Waals surface area contributed by atoms with Crippen molar-refractivity contribution in [1.82, 2.24) is 5.32 Å². The van der Waals surface area contributed by atoms with E-state index in [0.717, 1.165) is 6.54 Å². The molecule has 1 N–H and O–H groups in total. The molecule has 2 aliphatic heterocycles. The zero-order chi connectivity index (χ0) is 10.3. The van der Waals surface area contributed by atoms with Gasteiger partial charge in [0, 0.05) is 27.3 Å². The molecule has 2 fully saturated rings. The molecule has 2 aliphatic rings. The lowest BCUT2D eigenvalue weighted by molar-refractivity contribution is 0.0973. The zero-order valence-corrected chi connectivity index (χ0v) is 10.8. The number of hydrogen-bond acceptors (Lipinski definition) is 3. The Hall–Kier alpha value is 0.1000. The summed E-state index contributed by atoms with van der Waals surface area (Å²) in [6.07, 6.45) is 4.75. The van der Waals surface area contributed by atoms with Crippen LogP contribution in [-0.2, 0) is 11.3 Å². The summed E-state index contributed by atoms with van der Waals surface area (Å²) in [6, 6.07) is 2.77. The summed E-state index contributed by atoms with van der Waals surface area (Å²) in [6.45, 7) is 0.980. The second-order valence-electron chi connectivity index (χ2n) is 4.33. The van der Waals surface area contributed by atoms with Gasteiger partial charge < -0.3 is 10.1 Å². The van der Waals surface area contributed by atoms with Gasteiger partial charge in [0.2, 0.25) is 0 Å². The minimum Gasteiger partial charge on any atom is -0.373 e. The Morgan fingerprint density at radius 3 is 3.07 bits per heavy atom. The molecule has 0 aliphatic carbocycles. The smallest absolute Gasteiger partial charge is 0.0733 e. The van der Waals surface area contributed by atoms with E-state index in [4.69, 9.17) is 4.74 Å². The van der Waals surface area contributed by atoms with Crippen LogP contribution in [0.25, 0.3) is 0 Å². The van der Waals surface area contributed by atoms with Crippen molar-refractivity contribution >= 4 is 27.3 Å². The lowest BCUT2D eigenvalue weighted by Gasteiger charge is -2.19. The Morgan fingerprint density at radius 1 is 1.53 bits per heavy atom. The molecule has 3 heterocycles. The highest BCUT2D eigenvalue weighted by Crippen LogP contribution is 2.34. The van der Waals surface area contributed by atoms with Crippen molar-refractivity contribution in [2.24, 2.45) is 0 Å². The molecular weight excluding hydrogens is 274 g/mol. The Bertz CT molecular complexity index is 354. The predicted molar refractivity (Wildman–Crippen MR) is 65.2 cm³/mol. The maximum atomic E-state index is 5.81. The first-order valence-electron chi connectivity index (χ1n) is 5.43. The van der Waals surface area contributed by atoms with Gasteiger partial charge in [-0.05, 0) is 41.3 Å². The van der Waals surface area contributed by atoms with Gasteiger partial charge in [0.1, 0.15) is 0 Å². The van der Waals surface area contributed by atoms with Gasteiger partial charge in [0.05, 0.1) is 12.2 Å². The summed E-state index contributed by atoms with van der Waals surface area (Å²) in [7, 11) is 0. The van der Waals surface area contributed by atoms with E-state index < -0.39 is 0 Å². The highest BCUT2D eigenvalue weighted by atomic mass is 79.9. The maximum absolute atomic E-state index is 5.81. The first-order chi connectivity index (χ1) is 7.31. The van der Waals surface area contributed by atoms with Crippen LogP contribution < -0.4 is 5.32 Å². The van der Waals surface area contributed by atoms with Gasteiger partial charge in [0.15, 0.2) is 0 Å². The molecule has 3 unspecified atom stereocenters. The van der Waals surface area contributed by atoms with Crippen molar-refractivity contribution < 1.29 is 4.74 Å². The van der Waals surface area contributed by atoms with Crippen LogP contribution in [0.15, 0.2) is 15.9 Å². The van der Waals surface area contributed by atoms with Crippen LogP contribution >= 0.6 is 27.3 Å². The van der Waals surface area contributed by atoms with Gasteiger partial charge >= 0.3 is 0 Å². The van der Waals surface area contributed by atoms with E-state index in [9.17, 15) is 0 Å². The van der Waals surface area contributed by atoms with Crippen LogP contribution in [0.3, 0.4) is 0 Å². The van der Waals surface area contributed by atoms with E-state index in [1.165, 1.54) is 28.6 Å². The minimum atomic E-state index is 0.485. The molecular formula is C11H14BrNOS. The van der Waals surface area contributed by atoms with E-state index >= 15 is 0 Å². The molecule has 82 valence electrons. The van der Waals surface area contributed by atoms with Crippen molar-refractivity contribution in [1.29, 1.82) is 0 Å². The van der Waals surface area contributed by atoms with E-state index in [1.54, 1.807) is 11.3 Å². The van der Waals surface area contributed by atoms with Gasteiger partial charge in [-0.25, -0.2) is 0 Å². The number of thiophene rings is 1. The topological polar surface area (TPSA) is 21.3 Å². The molecule has 0 amide bonds. The van der Waals surface area contributed by atoms with Crippen LogP contribution in [0.2, 0.25) is 0 Å². The number of fused-ring (bicyclic) bond motifs is 2. The molecule has 2 nitrogen and oxygen atoms in total. The molecule has 0 saturated carbocycles. The number of halogens is 1. The van der Waals surface area contributed by atoms with Crippen LogP contribution in [0.1, 0.15) is 24.1 Å². The highest BCUT2D eigenvalue weighted by molar-refractivity contribution is 9.10. The summed E-state index contributed by atoms with van der Waals surface area (Å²) in [5.41, 5.74) is 0. The standard InChI is InChI=1S/C11H14BrNOS/c12-7-3-9(15-6-7)5-13-10-4-8-1-2-11(10)14-8/h3,6,8,10-11,13H,1-2,4-5H2. The molecule has 2 saturated heterocycles. The number of rotatable bonds is 3. The molecule has 0 aromatic carbocycles. The Kier molecular flexibility index (Phi) is 2.85. The van der Waals surface area contributed by atoms with Crippen molar-refractivity contribution in [3.05, 3.63) is 20.8 Å². The number of ether oxygens (including phenoxy) is 1. The Balaban J connectivity index is 1.54. The quantitative estimate of drug-likeness (QED) is 0.923. The molecule has 3 atom stereocenters. The summed E-state index contributed by atoms with van der Waals surface area (Å²) in [5, 5.41) is 5.74. The summed E-state index contributed by atoms with van der Waals surface area (Å²) in [5.74, 6) is 0. The molecule has 0 spiro atoms. The van der Waals surface area contributed by atoms with Crippen LogP contribution in [0, 0.1) is 0 Å². The SMILES string of the molecule is Brc1csc(CNC2CC3CCC2O3)c1. The highest BCUT2D eigenvalue weighted by Gasteiger charge is 2.40. The fourth-order valence-electron chi connectivity index (χ4n) is 2.53. The molecule has 1 aromatic rings. The fourth-order valence-corrected chi connectivity index (χ4v) is 3.93. The van der Waals surface area contributed by atoms with Crippen molar-refractivity contribution in [3.8, 4) is 0 Å². The van der Waals surface area contributed by atoms with Crippen LogP contribution in [-0.4, -0.2) is 18.2 Å². The van der Waals surface area contributed by atoms with Gasteiger partial charge in [-0.2, -0.15) is 0 Å². The fraction of sp³-hybridized carbons (Fsp3) is 0.636. The third-order valence-electron chi connectivity index (χ3n) is 3.27. The lowest BCUT2D eigenvalue weighted by atomic mass is 9.95. The molecule has 15 heavy (non-hydrogen) atoms. The van der Waals surface area contributed by atoms with Crippen molar-refractivity contribution in [3.63, 3.8) is 0 Å². The predicted octanol–water partition coefficient (Wildman–Crippen LogP) is 2.92. The number of nitrogens with one attached hydrogen (secondary N) is 1. The van der Waals surface area contributed by atoms with E-state index in [2.05, 4.69) is 32.7 Å². The molecule has 0 radical (unpaired) electrons. The monoisotopic (exact) mass is 287 g/mol. The lowest BCUT2D eigenvalue weighted by Crippen LogP contribution is -2.36. The van der Waals surface area contributed by atoms with Gasteiger partial charge in [-0.1, -0.05) is 0 Å². The summed E-state index contributed by atoms with van der Waals surface area (Å²) >= 11 is 5.28. The molecule has 4 heteroatoms. The number of hydrogen-bond donors (Lipinski definition) is 1. The zero-order valence-electron chi connectivity index (χ0n) is 8.41. The largest absolute Gasteiger partial charge is 0.373 e. The van der Waals surface area contributed by atoms with E-state index in [-0.39, 0.29) is 0 Å². The maximum Gasteiger partial charge on any atom is 0.0733 e. The third-order valence-corrected chi connectivity index (χ3v) is 4.96. The first kappa shape index (κ1) is 10.3. The first-order valence-corrected chi connectivity index (χ1v) is 7.10. The Labute approximate surface area is 102 Å².